The van der Waals surface area contributed by atoms with Gasteiger partial charge >= 0.3 is 0 Å². The zero-order chi connectivity index (χ0) is 32.4. The summed E-state index contributed by atoms with van der Waals surface area (Å²) in [5.74, 6) is 0.152. The molecule has 5 rings (SSSR count). The van der Waals surface area contributed by atoms with E-state index in [0.29, 0.717) is 42.5 Å². The van der Waals surface area contributed by atoms with E-state index in [4.69, 9.17) is 25.8 Å². The lowest BCUT2D eigenvalue weighted by molar-refractivity contribution is -0.139. The normalized spacial score (nSPS) is 25.6. The summed E-state index contributed by atoms with van der Waals surface area (Å²) in [7, 11) is -0.738. The van der Waals surface area contributed by atoms with E-state index in [0.717, 1.165) is 24.0 Å². The number of benzene rings is 2. The standard InChI is InChI=1S/C33H42ClN3O7S/c1-33(2)32(39)35-45(40,41)27-10-12-30-29(18-27)37(21-42-15-13-22-16-26(34)9-7-25(22)20-43-30)19-24-8-11-28(24)23(6-5-14-44-33)17-31(38)36(3)4/h5-7,9-10,12,16,18,23-24,28H,8,11,13-15,17,19-21H2,1-4H3,(H,35,39)/b6-5+/t23-,24+,28+/m1/s1. The second kappa shape index (κ2) is 13.7. The number of nitrogens with one attached hydrogen (secondary N) is 1. The Morgan fingerprint density at radius 1 is 1.13 bits per heavy atom. The van der Waals surface area contributed by atoms with Crippen LogP contribution in [0.2, 0.25) is 5.02 Å². The molecule has 3 atom stereocenters. The van der Waals surface area contributed by atoms with Crippen LogP contribution in [0.5, 0.6) is 5.75 Å². The van der Waals surface area contributed by atoms with Crippen molar-refractivity contribution >= 4 is 39.1 Å². The molecule has 0 spiro atoms. The zero-order valence-electron chi connectivity index (χ0n) is 26.3. The Bertz CT molecular complexity index is 1560. The average molecular weight is 660 g/mol. The maximum absolute atomic E-state index is 13.5. The van der Waals surface area contributed by atoms with Gasteiger partial charge in [0.25, 0.3) is 15.9 Å². The summed E-state index contributed by atoms with van der Waals surface area (Å²) in [5.41, 5.74) is 1.10. The molecule has 2 bridgehead atoms. The first-order valence-electron chi connectivity index (χ1n) is 15.3. The summed E-state index contributed by atoms with van der Waals surface area (Å²) in [4.78, 5) is 29.5. The van der Waals surface area contributed by atoms with Crippen LogP contribution in [0.4, 0.5) is 5.69 Å². The SMILES string of the molecule is CN(C)C(=O)C[C@H]1/C=C/COC(C)(C)C(=O)NS(=O)(=O)c2ccc3c(c2)N(COCCc2cc(Cl)ccc2CO3)C[C@@H]2CC[C@H]21. The van der Waals surface area contributed by atoms with Crippen LogP contribution in [0, 0.1) is 17.8 Å². The van der Waals surface area contributed by atoms with E-state index in [1.807, 2.05) is 35.3 Å². The molecule has 1 aliphatic carbocycles. The minimum absolute atomic E-state index is 0.0290. The molecule has 2 aromatic rings. The molecule has 0 radical (unpaired) electrons. The largest absolute Gasteiger partial charge is 0.487 e. The number of carbonyl (C=O) groups excluding carboxylic acids is 2. The van der Waals surface area contributed by atoms with Gasteiger partial charge in [-0.3, -0.25) is 9.59 Å². The number of fused-ring (bicyclic) bond motifs is 3. The van der Waals surface area contributed by atoms with Crippen LogP contribution in [-0.4, -0.2) is 71.3 Å². The highest BCUT2D eigenvalue weighted by molar-refractivity contribution is 7.90. The van der Waals surface area contributed by atoms with E-state index in [1.54, 1.807) is 25.1 Å². The van der Waals surface area contributed by atoms with Crippen molar-refractivity contribution in [3.63, 3.8) is 0 Å². The molecule has 10 nitrogen and oxygen atoms in total. The Morgan fingerprint density at radius 2 is 1.93 bits per heavy atom. The second-order valence-electron chi connectivity index (χ2n) is 12.7. The highest BCUT2D eigenvalue weighted by Crippen LogP contribution is 2.44. The molecule has 2 amide bonds. The van der Waals surface area contributed by atoms with Gasteiger partial charge in [-0.25, -0.2) is 13.1 Å². The van der Waals surface area contributed by atoms with Crippen LogP contribution < -0.4 is 14.4 Å². The van der Waals surface area contributed by atoms with Gasteiger partial charge < -0.3 is 24.0 Å². The van der Waals surface area contributed by atoms with E-state index in [-0.39, 0.29) is 48.5 Å². The third kappa shape index (κ3) is 7.82. The average Bonchev–Trinajstić information content (AvgIpc) is 2.99. The van der Waals surface area contributed by atoms with Crippen molar-refractivity contribution in [2.45, 2.75) is 56.6 Å². The van der Waals surface area contributed by atoms with Crippen molar-refractivity contribution in [2.24, 2.45) is 17.8 Å². The van der Waals surface area contributed by atoms with Crippen molar-refractivity contribution in [2.75, 3.05) is 45.5 Å². The predicted octanol–water partition coefficient (Wildman–Crippen LogP) is 4.55. The van der Waals surface area contributed by atoms with Gasteiger partial charge in [-0.2, -0.15) is 0 Å². The summed E-state index contributed by atoms with van der Waals surface area (Å²) in [5, 5.41) is 0.632. The van der Waals surface area contributed by atoms with E-state index in [1.165, 1.54) is 26.0 Å². The molecule has 0 saturated heterocycles. The fraction of sp³-hybridized carbons (Fsp3) is 0.515. The summed E-state index contributed by atoms with van der Waals surface area (Å²) < 4.78 is 47.6. The molecule has 1 N–H and O–H groups in total. The first-order valence-corrected chi connectivity index (χ1v) is 17.1. The van der Waals surface area contributed by atoms with Crippen molar-refractivity contribution in [3.05, 3.63) is 64.7 Å². The summed E-state index contributed by atoms with van der Waals surface area (Å²) in [6.07, 6.45) is 6.74. The van der Waals surface area contributed by atoms with Crippen molar-refractivity contribution in [1.82, 2.24) is 9.62 Å². The maximum atomic E-state index is 13.5. The Hall–Kier alpha value is -3.12. The van der Waals surface area contributed by atoms with Gasteiger partial charge in [-0.15, -0.1) is 0 Å². The quantitative estimate of drug-likeness (QED) is 0.468. The van der Waals surface area contributed by atoms with Gasteiger partial charge in [0.1, 0.15) is 24.7 Å². The molecular formula is C33H42ClN3O7S. The number of anilines is 1. The van der Waals surface area contributed by atoms with Crippen LogP contribution in [0.3, 0.4) is 0 Å². The molecule has 0 aromatic heterocycles. The molecule has 12 heteroatoms. The number of ether oxygens (including phenoxy) is 3. The summed E-state index contributed by atoms with van der Waals surface area (Å²) >= 11 is 6.29. The number of carbonyl (C=O) groups is 2. The van der Waals surface area contributed by atoms with Gasteiger partial charge in [0, 0.05) is 32.1 Å². The highest BCUT2D eigenvalue weighted by Gasteiger charge is 2.39. The molecular weight excluding hydrogens is 618 g/mol. The van der Waals surface area contributed by atoms with Gasteiger partial charge in [0.2, 0.25) is 5.91 Å². The van der Waals surface area contributed by atoms with Crippen molar-refractivity contribution < 1.29 is 32.2 Å². The number of amides is 2. The third-order valence-corrected chi connectivity index (χ3v) is 10.5. The number of sulfonamides is 1. The zero-order valence-corrected chi connectivity index (χ0v) is 27.8. The number of halogens is 1. The number of rotatable bonds is 2. The molecule has 3 aliphatic rings. The summed E-state index contributed by atoms with van der Waals surface area (Å²) in [6, 6.07) is 10.3. The van der Waals surface area contributed by atoms with Crippen LogP contribution in [-0.2, 0) is 42.1 Å². The number of allylic oxidation sites excluding steroid dienone is 1. The van der Waals surface area contributed by atoms with Gasteiger partial charge in [-0.05, 0) is 92.3 Å². The van der Waals surface area contributed by atoms with Crippen LogP contribution >= 0.6 is 11.6 Å². The number of hydrogen-bond donors (Lipinski definition) is 1. The molecule has 45 heavy (non-hydrogen) atoms. The van der Waals surface area contributed by atoms with E-state index in [9.17, 15) is 18.0 Å². The monoisotopic (exact) mass is 659 g/mol. The fourth-order valence-corrected chi connectivity index (χ4v) is 7.32. The minimum atomic E-state index is -4.25. The topological polar surface area (TPSA) is 114 Å². The lowest BCUT2D eigenvalue weighted by Gasteiger charge is -2.44. The second-order valence-corrected chi connectivity index (χ2v) is 14.8. The molecule has 2 aliphatic heterocycles. The van der Waals surface area contributed by atoms with Gasteiger partial charge in [-0.1, -0.05) is 29.8 Å². The van der Waals surface area contributed by atoms with Crippen molar-refractivity contribution in [3.8, 4) is 5.75 Å². The lowest BCUT2D eigenvalue weighted by Crippen LogP contribution is -2.46. The molecule has 2 heterocycles. The highest BCUT2D eigenvalue weighted by atomic mass is 35.5. The Kier molecular flexibility index (Phi) is 10.1. The molecule has 1 fully saturated rings. The smallest absolute Gasteiger partial charge is 0.265 e. The van der Waals surface area contributed by atoms with Crippen LogP contribution in [0.25, 0.3) is 0 Å². The molecule has 244 valence electrons. The summed E-state index contributed by atoms with van der Waals surface area (Å²) in [6.45, 7) is 4.60. The van der Waals surface area contributed by atoms with Crippen molar-refractivity contribution in [1.29, 1.82) is 0 Å². The first kappa shape index (κ1) is 33.2. The van der Waals surface area contributed by atoms with E-state index >= 15 is 0 Å². The molecule has 0 unspecified atom stereocenters. The fourth-order valence-electron chi connectivity index (χ4n) is 6.01. The van der Waals surface area contributed by atoms with E-state index < -0.39 is 21.5 Å². The Labute approximate surface area is 270 Å². The number of hydrogen-bond acceptors (Lipinski definition) is 8. The van der Waals surface area contributed by atoms with E-state index in [2.05, 4.69) is 4.72 Å². The number of nitrogens with zero attached hydrogens (tertiary/aromatic N) is 2. The van der Waals surface area contributed by atoms with Crippen LogP contribution in [0.1, 0.15) is 44.2 Å². The lowest BCUT2D eigenvalue weighted by atomic mass is 9.65. The molecule has 1 saturated carbocycles. The molecule has 2 aromatic carbocycles. The first-order chi connectivity index (χ1) is 21.3. The van der Waals surface area contributed by atoms with Crippen LogP contribution in [0.15, 0.2) is 53.4 Å². The Balaban J connectivity index is 1.56. The van der Waals surface area contributed by atoms with Gasteiger partial charge in [0.05, 0.1) is 23.8 Å². The maximum Gasteiger partial charge on any atom is 0.265 e. The van der Waals surface area contributed by atoms with Gasteiger partial charge in [0.15, 0.2) is 0 Å². The third-order valence-electron chi connectivity index (χ3n) is 8.98. The Morgan fingerprint density at radius 3 is 2.67 bits per heavy atom. The predicted molar refractivity (Wildman–Crippen MR) is 172 cm³/mol. The minimum Gasteiger partial charge on any atom is -0.487 e.